The summed E-state index contributed by atoms with van der Waals surface area (Å²) in [5.74, 6) is 1.33. The Bertz CT molecular complexity index is 869. The Morgan fingerprint density at radius 1 is 1.36 bits per heavy atom. The standard InChI is InChI=1S/C21H25NO6/c1-4-26-19(24)28-21-8-7-13(23)18-20(21)9-10-22(2)15(21)11-12-5-6-14(25-3)17(27-18)16(12)20/h5-6,15,18H,4,7-11H2,1-3H3/t15-,18+,20+,21-/m1/s1. The normalized spacial score (nSPS) is 35.0. The molecule has 28 heavy (non-hydrogen) atoms. The van der Waals surface area contributed by atoms with Gasteiger partial charge in [0, 0.05) is 12.0 Å². The van der Waals surface area contributed by atoms with Crippen molar-refractivity contribution in [3.8, 4) is 11.5 Å². The number of piperidine rings is 1. The molecule has 4 atom stereocenters. The Kier molecular flexibility index (Phi) is 3.72. The molecule has 2 heterocycles. The number of methoxy groups -OCH3 is 1. The minimum absolute atomic E-state index is 0.0308. The zero-order valence-electron chi connectivity index (χ0n) is 16.4. The van der Waals surface area contributed by atoms with E-state index >= 15 is 0 Å². The summed E-state index contributed by atoms with van der Waals surface area (Å²) in [4.78, 5) is 27.8. The van der Waals surface area contributed by atoms with Crippen LogP contribution in [0, 0.1) is 0 Å². The molecule has 1 aromatic carbocycles. The highest BCUT2D eigenvalue weighted by Gasteiger charge is 2.75. The third-order valence-corrected chi connectivity index (χ3v) is 7.22. The van der Waals surface area contributed by atoms with Crippen molar-refractivity contribution >= 4 is 11.9 Å². The second kappa shape index (κ2) is 5.86. The van der Waals surface area contributed by atoms with Gasteiger partial charge in [-0.3, -0.25) is 9.69 Å². The Balaban J connectivity index is 1.77. The molecule has 7 heteroatoms. The summed E-state index contributed by atoms with van der Waals surface area (Å²) < 4.78 is 23.2. The predicted octanol–water partition coefficient (Wildman–Crippen LogP) is 2.23. The highest BCUT2D eigenvalue weighted by atomic mass is 16.7. The summed E-state index contributed by atoms with van der Waals surface area (Å²) in [6.07, 6.45) is 0.890. The first-order valence-electron chi connectivity index (χ1n) is 9.94. The number of Topliss-reactive ketones (excluding diaryl/α,β-unsaturated/α-hetero) is 1. The van der Waals surface area contributed by atoms with E-state index in [9.17, 15) is 9.59 Å². The Morgan fingerprint density at radius 3 is 2.93 bits per heavy atom. The maximum Gasteiger partial charge on any atom is 0.508 e. The monoisotopic (exact) mass is 387 g/mol. The summed E-state index contributed by atoms with van der Waals surface area (Å²) in [6.45, 7) is 2.81. The van der Waals surface area contributed by atoms with Crippen LogP contribution in [0.5, 0.6) is 11.5 Å². The first-order valence-corrected chi connectivity index (χ1v) is 9.94. The average molecular weight is 387 g/mol. The molecule has 2 aliphatic carbocycles. The molecule has 2 bridgehead atoms. The number of ether oxygens (including phenoxy) is 4. The second-order valence-electron chi connectivity index (χ2n) is 8.19. The van der Waals surface area contributed by atoms with E-state index in [1.807, 2.05) is 6.07 Å². The van der Waals surface area contributed by atoms with E-state index in [2.05, 4.69) is 18.0 Å². The number of hydrogen-bond donors (Lipinski definition) is 0. The number of likely N-dealkylation sites (tertiary alicyclic amines) is 1. The topological polar surface area (TPSA) is 74.3 Å². The predicted molar refractivity (Wildman–Crippen MR) is 98.9 cm³/mol. The van der Waals surface area contributed by atoms with Crippen molar-refractivity contribution in [1.29, 1.82) is 0 Å². The Labute approximate surface area is 163 Å². The van der Waals surface area contributed by atoms with Crippen molar-refractivity contribution in [3.63, 3.8) is 0 Å². The molecule has 1 aromatic rings. The highest BCUT2D eigenvalue weighted by molar-refractivity contribution is 5.90. The van der Waals surface area contributed by atoms with Gasteiger partial charge in [0.15, 0.2) is 23.4 Å². The van der Waals surface area contributed by atoms with E-state index in [1.54, 1.807) is 14.0 Å². The molecule has 2 fully saturated rings. The second-order valence-corrected chi connectivity index (χ2v) is 8.19. The number of rotatable bonds is 3. The zero-order valence-corrected chi connectivity index (χ0v) is 16.4. The molecule has 5 rings (SSSR count). The molecule has 0 unspecified atom stereocenters. The van der Waals surface area contributed by atoms with Gasteiger partial charge < -0.3 is 18.9 Å². The van der Waals surface area contributed by atoms with Crippen LogP contribution in [0.25, 0.3) is 0 Å². The van der Waals surface area contributed by atoms with Crippen LogP contribution < -0.4 is 9.47 Å². The van der Waals surface area contributed by atoms with Gasteiger partial charge in [0.2, 0.25) is 0 Å². The molecule has 150 valence electrons. The fourth-order valence-electron chi connectivity index (χ4n) is 6.16. The Morgan fingerprint density at radius 2 is 2.18 bits per heavy atom. The smallest absolute Gasteiger partial charge is 0.493 e. The minimum atomic E-state index is -0.852. The maximum atomic E-state index is 13.0. The highest BCUT2D eigenvalue weighted by Crippen LogP contribution is 2.66. The van der Waals surface area contributed by atoms with Crippen LogP contribution in [0.2, 0.25) is 0 Å². The van der Waals surface area contributed by atoms with E-state index < -0.39 is 23.3 Å². The van der Waals surface area contributed by atoms with Gasteiger partial charge in [-0.25, -0.2) is 4.79 Å². The van der Waals surface area contributed by atoms with E-state index in [1.165, 1.54) is 0 Å². The van der Waals surface area contributed by atoms with Crippen LogP contribution in [-0.4, -0.2) is 61.9 Å². The van der Waals surface area contributed by atoms with Crippen LogP contribution in [0.15, 0.2) is 12.1 Å². The lowest BCUT2D eigenvalue weighted by atomic mass is 9.49. The largest absolute Gasteiger partial charge is 0.508 e. The average Bonchev–Trinajstić information content (AvgIpc) is 3.03. The fraction of sp³-hybridized carbons (Fsp3) is 0.619. The molecule has 1 spiro atoms. The molecule has 0 radical (unpaired) electrons. The van der Waals surface area contributed by atoms with Gasteiger partial charge in [-0.15, -0.1) is 0 Å². The number of hydrogen-bond acceptors (Lipinski definition) is 7. The van der Waals surface area contributed by atoms with Gasteiger partial charge in [-0.05, 0) is 51.4 Å². The van der Waals surface area contributed by atoms with Crippen molar-refractivity contribution in [2.24, 2.45) is 0 Å². The molecule has 0 N–H and O–H groups in total. The number of carbonyl (C=O) groups excluding carboxylic acids is 2. The summed E-state index contributed by atoms with van der Waals surface area (Å²) >= 11 is 0. The van der Waals surface area contributed by atoms with Crippen LogP contribution in [0.1, 0.15) is 37.3 Å². The lowest BCUT2D eigenvalue weighted by Gasteiger charge is -2.62. The molecule has 4 aliphatic rings. The molecule has 2 aliphatic heterocycles. The van der Waals surface area contributed by atoms with Gasteiger partial charge in [-0.1, -0.05) is 6.07 Å². The minimum Gasteiger partial charge on any atom is -0.493 e. The van der Waals surface area contributed by atoms with E-state index in [-0.39, 0.29) is 18.4 Å². The van der Waals surface area contributed by atoms with Gasteiger partial charge in [0.25, 0.3) is 0 Å². The van der Waals surface area contributed by atoms with Crippen molar-refractivity contribution in [2.75, 3.05) is 27.3 Å². The van der Waals surface area contributed by atoms with Gasteiger partial charge in [0.1, 0.15) is 5.60 Å². The third kappa shape index (κ3) is 1.93. The van der Waals surface area contributed by atoms with Crippen LogP contribution in [-0.2, 0) is 26.1 Å². The summed E-state index contributed by atoms with van der Waals surface area (Å²) in [5, 5.41) is 0. The van der Waals surface area contributed by atoms with Crippen LogP contribution in [0.4, 0.5) is 4.79 Å². The van der Waals surface area contributed by atoms with Crippen molar-refractivity contribution in [1.82, 2.24) is 4.90 Å². The number of carbonyl (C=O) groups is 2. The van der Waals surface area contributed by atoms with Crippen LogP contribution >= 0.6 is 0 Å². The summed E-state index contributed by atoms with van der Waals surface area (Å²) in [7, 11) is 3.66. The van der Waals surface area contributed by atoms with Gasteiger partial charge in [-0.2, -0.15) is 0 Å². The van der Waals surface area contributed by atoms with E-state index in [0.29, 0.717) is 30.8 Å². The molecule has 0 amide bonds. The SMILES string of the molecule is CCOC(=O)O[C@@]12CCC(=O)[C@@H]3Oc4c(OC)ccc5c4[C@@]31CCN(C)[C@@H]2C5. The van der Waals surface area contributed by atoms with Crippen molar-refractivity contribution in [2.45, 2.75) is 55.8 Å². The first-order chi connectivity index (χ1) is 13.5. The van der Waals surface area contributed by atoms with Gasteiger partial charge >= 0.3 is 6.16 Å². The Hall–Kier alpha value is -2.28. The quantitative estimate of drug-likeness (QED) is 0.736. The summed E-state index contributed by atoms with van der Waals surface area (Å²) in [5.41, 5.74) is 0.602. The molecular formula is C21H25NO6. The van der Waals surface area contributed by atoms with Gasteiger partial charge in [0.05, 0.1) is 25.2 Å². The molecular weight excluding hydrogens is 362 g/mol. The fourth-order valence-corrected chi connectivity index (χ4v) is 6.16. The van der Waals surface area contributed by atoms with Crippen molar-refractivity contribution < 1.29 is 28.5 Å². The zero-order chi connectivity index (χ0) is 19.7. The molecule has 1 saturated heterocycles. The van der Waals surface area contributed by atoms with E-state index in [4.69, 9.17) is 18.9 Å². The number of ketones is 1. The van der Waals surface area contributed by atoms with E-state index in [0.717, 1.165) is 24.1 Å². The number of benzene rings is 1. The number of nitrogens with zero attached hydrogens (tertiary/aromatic N) is 1. The molecule has 1 saturated carbocycles. The summed E-state index contributed by atoms with van der Waals surface area (Å²) in [6, 6.07) is 3.93. The lowest BCUT2D eigenvalue weighted by Crippen LogP contribution is -2.77. The van der Waals surface area contributed by atoms with Crippen LogP contribution in [0.3, 0.4) is 0 Å². The third-order valence-electron chi connectivity index (χ3n) is 7.22. The lowest BCUT2D eigenvalue weighted by molar-refractivity contribution is -0.193. The molecule has 7 nitrogen and oxygen atoms in total. The number of likely N-dealkylation sites (N-methyl/N-ethyl adjacent to an activating group) is 1. The van der Waals surface area contributed by atoms with Crippen molar-refractivity contribution in [3.05, 3.63) is 23.3 Å². The maximum absolute atomic E-state index is 13.0. The molecule has 0 aromatic heterocycles. The first kappa shape index (κ1) is 17.8.